The molecule has 1 saturated heterocycles. The van der Waals surface area contributed by atoms with E-state index >= 15 is 0 Å². The van der Waals surface area contributed by atoms with Crippen molar-refractivity contribution in [1.82, 2.24) is 0 Å². The zero-order chi connectivity index (χ0) is 19.6. The molecule has 150 valence electrons. The summed E-state index contributed by atoms with van der Waals surface area (Å²) in [5, 5.41) is 0. The quantitative estimate of drug-likeness (QED) is 0.702. The number of sulfonamides is 1. The predicted molar refractivity (Wildman–Crippen MR) is 109 cm³/mol. The first kappa shape index (κ1) is 19.4. The van der Waals surface area contributed by atoms with Crippen molar-refractivity contribution in [3.63, 3.8) is 0 Å². The van der Waals surface area contributed by atoms with Gasteiger partial charge in [-0.05, 0) is 55.4 Å². The van der Waals surface area contributed by atoms with Crippen molar-refractivity contribution >= 4 is 15.7 Å². The molecule has 0 saturated carbocycles. The van der Waals surface area contributed by atoms with Crippen molar-refractivity contribution in [2.24, 2.45) is 0 Å². The molecule has 6 heteroatoms. The number of ether oxygens (including phenoxy) is 2. The minimum Gasteiger partial charge on any atom is -0.353 e. The van der Waals surface area contributed by atoms with Crippen molar-refractivity contribution < 1.29 is 17.9 Å². The highest BCUT2D eigenvalue weighted by Crippen LogP contribution is 2.43. The molecule has 0 bridgehead atoms. The van der Waals surface area contributed by atoms with E-state index < -0.39 is 10.0 Å². The summed E-state index contributed by atoms with van der Waals surface area (Å²) in [6.45, 7) is 1.40. The van der Waals surface area contributed by atoms with Gasteiger partial charge in [-0.3, -0.25) is 4.31 Å². The first-order valence-electron chi connectivity index (χ1n) is 9.99. The van der Waals surface area contributed by atoms with Crippen LogP contribution in [-0.4, -0.2) is 35.0 Å². The molecule has 0 aromatic heterocycles. The Labute approximate surface area is 167 Å². The number of benzene rings is 2. The van der Waals surface area contributed by atoms with E-state index in [1.54, 1.807) is 19.2 Å². The Kier molecular flexibility index (Phi) is 5.71. The second-order valence-corrected chi connectivity index (χ2v) is 9.37. The van der Waals surface area contributed by atoms with E-state index in [4.69, 9.17) is 9.47 Å². The van der Waals surface area contributed by atoms with E-state index in [0.29, 0.717) is 11.5 Å². The molecule has 2 unspecified atom stereocenters. The number of nitrogens with zero attached hydrogens (tertiary/aromatic N) is 1. The van der Waals surface area contributed by atoms with Crippen LogP contribution >= 0.6 is 0 Å². The summed E-state index contributed by atoms with van der Waals surface area (Å²) in [5.41, 5.74) is 2.67. The maximum Gasteiger partial charge on any atom is 0.264 e. The maximum absolute atomic E-state index is 13.2. The van der Waals surface area contributed by atoms with Crippen molar-refractivity contribution in [3.8, 4) is 0 Å². The molecule has 0 spiro atoms. The molecule has 2 aliphatic rings. The second kappa shape index (κ2) is 8.23. The molecule has 2 atom stereocenters. The van der Waals surface area contributed by atoms with E-state index in [1.165, 1.54) is 4.31 Å². The Morgan fingerprint density at radius 1 is 1.07 bits per heavy atom. The zero-order valence-corrected chi connectivity index (χ0v) is 17.0. The van der Waals surface area contributed by atoms with Gasteiger partial charge in [0.25, 0.3) is 10.0 Å². The standard InChI is InChI=1S/C22H27NO4S/c1-23-20-12-4-2-9-18(20)17(11-8-16-27-22-14-6-7-15-26-22)19-10-3-5-13-21(19)28(23,24)25/h2-5,9-10,12-13,17,22H,6-8,11,14-16H2,1H3. The largest absolute Gasteiger partial charge is 0.353 e. The van der Waals surface area contributed by atoms with Crippen LogP contribution in [0.3, 0.4) is 0 Å². The van der Waals surface area contributed by atoms with Gasteiger partial charge in [-0.2, -0.15) is 0 Å². The SMILES string of the molecule is CN1c2ccccc2C(CCCOC2CCCCO2)c2ccccc2S1(=O)=O. The van der Waals surface area contributed by atoms with Crippen LogP contribution in [0.25, 0.3) is 0 Å². The smallest absolute Gasteiger partial charge is 0.264 e. The van der Waals surface area contributed by atoms with Gasteiger partial charge in [0.2, 0.25) is 0 Å². The summed E-state index contributed by atoms with van der Waals surface area (Å²) in [7, 11) is -1.93. The van der Waals surface area contributed by atoms with Crippen molar-refractivity contribution in [1.29, 1.82) is 0 Å². The van der Waals surface area contributed by atoms with Crippen LogP contribution in [0.2, 0.25) is 0 Å². The predicted octanol–water partition coefficient (Wildman–Crippen LogP) is 4.28. The van der Waals surface area contributed by atoms with Gasteiger partial charge in [0.05, 0.1) is 10.6 Å². The number of hydrogen-bond acceptors (Lipinski definition) is 4. The second-order valence-electron chi connectivity index (χ2n) is 7.43. The first-order chi connectivity index (χ1) is 13.6. The first-order valence-corrected chi connectivity index (χ1v) is 11.4. The van der Waals surface area contributed by atoms with Gasteiger partial charge in [0.15, 0.2) is 6.29 Å². The Morgan fingerprint density at radius 3 is 2.61 bits per heavy atom. The summed E-state index contributed by atoms with van der Waals surface area (Å²) in [6, 6.07) is 15.2. The minimum absolute atomic E-state index is 0.0167. The Bertz CT molecular complexity index is 922. The number of fused-ring (bicyclic) bond motifs is 2. The van der Waals surface area contributed by atoms with E-state index in [-0.39, 0.29) is 12.2 Å². The third-order valence-electron chi connectivity index (χ3n) is 5.66. The number of rotatable bonds is 5. The van der Waals surface area contributed by atoms with Crippen LogP contribution in [0.4, 0.5) is 5.69 Å². The fourth-order valence-corrected chi connectivity index (χ4v) is 5.65. The number of hydrogen-bond donors (Lipinski definition) is 0. The molecular weight excluding hydrogens is 374 g/mol. The zero-order valence-electron chi connectivity index (χ0n) is 16.2. The lowest BCUT2D eigenvalue weighted by molar-refractivity contribution is -0.162. The molecule has 0 amide bonds. The van der Waals surface area contributed by atoms with Crippen LogP contribution < -0.4 is 4.31 Å². The lowest BCUT2D eigenvalue weighted by atomic mass is 9.86. The summed E-state index contributed by atoms with van der Waals surface area (Å²) >= 11 is 0. The van der Waals surface area contributed by atoms with Crippen LogP contribution in [-0.2, 0) is 19.5 Å². The van der Waals surface area contributed by atoms with Gasteiger partial charge in [-0.25, -0.2) is 8.42 Å². The van der Waals surface area contributed by atoms with Crippen LogP contribution in [0.15, 0.2) is 53.4 Å². The molecule has 0 radical (unpaired) electrons. The van der Waals surface area contributed by atoms with Crippen molar-refractivity contribution in [3.05, 3.63) is 59.7 Å². The number of anilines is 1. The van der Waals surface area contributed by atoms with E-state index in [2.05, 4.69) is 0 Å². The molecule has 2 aromatic carbocycles. The normalized spacial score (nSPS) is 23.5. The highest BCUT2D eigenvalue weighted by molar-refractivity contribution is 7.92. The highest BCUT2D eigenvalue weighted by atomic mass is 32.2. The van der Waals surface area contributed by atoms with Crippen LogP contribution in [0.1, 0.15) is 49.1 Å². The number of para-hydroxylation sites is 1. The topological polar surface area (TPSA) is 55.8 Å². The van der Waals surface area contributed by atoms with E-state index in [0.717, 1.165) is 55.5 Å². The minimum atomic E-state index is -3.57. The van der Waals surface area contributed by atoms with Crippen LogP contribution in [0.5, 0.6) is 0 Å². The summed E-state index contributed by atoms with van der Waals surface area (Å²) in [4.78, 5) is 0.398. The molecule has 0 N–H and O–H groups in total. The molecule has 2 aliphatic heterocycles. The molecule has 2 heterocycles. The third-order valence-corrected chi connectivity index (χ3v) is 7.51. The monoisotopic (exact) mass is 401 g/mol. The molecule has 5 nitrogen and oxygen atoms in total. The third kappa shape index (κ3) is 3.69. The maximum atomic E-state index is 13.2. The van der Waals surface area contributed by atoms with Gasteiger partial charge in [0, 0.05) is 26.2 Å². The van der Waals surface area contributed by atoms with Gasteiger partial charge in [0.1, 0.15) is 0 Å². The van der Waals surface area contributed by atoms with Crippen molar-refractivity contribution in [2.45, 2.75) is 49.2 Å². The van der Waals surface area contributed by atoms with E-state index in [1.807, 2.05) is 36.4 Å². The fourth-order valence-electron chi connectivity index (χ4n) is 4.17. The molecule has 4 rings (SSSR count). The van der Waals surface area contributed by atoms with Gasteiger partial charge in [-0.15, -0.1) is 0 Å². The van der Waals surface area contributed by atoms with E-state index in [9.17, 15) is 8.42 Å². The van der Waals surface area contributed by atoms with Gasteiger partial charge < -0.3 is 9.47 Å². The molecule has 1 fully saturated rings. The van der Waals surface area contributed by atoms with Gasteiger partial charge in [-0.1, -0.05) is 36.4 Å². The molecule has 2 aromatic rings. The molecular formula is C22H27NO4S. The Morgan fingerprint density at radius 2 is 1.82 bits per heavy atom. The lowest BCUT2D eigenvalue weighted by Crippen LogP contribution is -2.26. The average Bonchev–Trinajstić information content (AvgIpc) is 2.80. The molecule has 28 heavy (non-hydrogen) atoms. The molecule has 0 aliphatic carbocycles. The Hall–Kier alpha value is -1.89. The summed E-state index contributed by atoms with van der Waals surface area (Å²) in [5.74, 6) is 0.0167. The fraction of sp³-hybridized carbons (Fsp3) is 0.455. The summed E-state index contributed by atoms with van der Waals surface area (Å²) < 4.78 is 39.2. The Balaban J connectivity index is 1.60. The highest BCUT2D eigenvalue weighted by Gasteiger charge is 2.34. The van der Waals surface area contributed by atoms with Crippen molar-refractivity contribution in [2.75, 3.05) is 24.6 Å². The van der Waals surface area contributed by atoms with Crippen LogP contribution in [0, 0.1) is 0 Å². The average molecular weight is 402 g/mol. The van der Waals surface area contributed by atoms with Gasteiger partial charge >= 0.3 is 0 Å². The lowest BCUT2D eigenvalue weighted by Gasteiger charge is -2.24. The summed E-state index contributed by atoms with van der Waals surface area (Å²) in [6.07, 6.45) is 4.79.